The summed E-state index contributed by atoms with van der Waals surface area (Å²) in [5.41, 5.74) is 2.50. The fourth-order valence-electron chi connectivity index (χ4n) is 4.91. The van der Waals surface area contributed by atoms with E-state index in [0.29, 0.717) is 33.8 Å². The molecule has 1 aromatic heterocycles. The Morgan fingerprint density at radius 1 is 1.19 bits per heavy atom. The van der Waals surface area contributed by atoms with Crippen molar-refractivity contribution in [2.24, 2.45) is 5.92 Å². The summed E-state index contributed by atoms with van der Waals surface area (Å²) in [6.45, 7) is 8.67. The molecule has 0 saturated carbocycles. The summed E-state index contributed by atoms with van der Waals surface area (Å²) in [4.78, 5) is 31.0. The van der Waals surface area contributed by atoms with E-state index in [1.807, 2.05) is 38.1 Å². The van der Waals surface area contributed by atoms with E-state index in [1.165, 1.54) is 17.3 Å². The van der Waals surface area contributed by atoms with Crippen LogP contribution in [0.15, 0.2) is 40.0 Å². The van der Waals surface area contributed by atoms with Crippen molar-refractivity contribution < 1.29 is 4.79 Å². The fraction of sp³-hybridized carbons (Fsp3) is 0.429. The van der Waals surface area contributed by atoms with Gasteiger partial charge in [-0.2, -0.15) is 5.26 Å². The number of nitrogens with zero attached hydrogens (tertiary/aromatic N) is 4. The highest BCUT2D eigenvalue weighted by atomic mass is 32.2. The number of rotatable bonds is 7. The molecule has 0 spiro atoms. The molecule has 1 aromatic carbocycles. The van der Waals surface area contributed by atoms with Crippen molar-refractivity contribution in [1.82, 2.24) is 9.47 Å². The molecule has 36 heavy (non-hydrogen) atoms. The molecule has 1 amide bonds. The van der Waals surface area contributed by atoms with Crippen molar-refractivity contribution >= 4 is 46.1 Å². The first-order chi connectivity index (χ1) is 17.3. The Labute approximate surface area is 222 Å². The third-order valence-electron chi connectivity index (χ3n) is 7.08. The number of anilines is 1. The van der Waals surface area contributed by atoms with Crippen molar-refractivity contribution in [1.29, 1.82) is 5.26 Å². The van der Waals surface area contributed by atoms with E-state index in [9.17, 15) is 14.9 Å². The Bertz CT molecular complexity index is 1290. The van der Waals surface area contributed by atoms with E-state index in [4.69, 9.17) is 12.2 Å². The Morgan fingerprint density at radius 2 is 1.89 bits per heavy atom. The SMILES string of the molecule is CCn1c(N2CCC(C)CC2)c(C=C2SC(=S)N(CCCc3ccccc3)C2=O)c(C)c(C#N)c1=O. The standard InChI is InChI=1S/C28H32N4O2S2/c1-4-31-25(30-15-12-19(2)13-16-30)22(20(3)23(18-29)26(31)33)17-24-27(34)32(28(35)36-24)14-8-11-21-9-6-5-7-10-21/h5-7,9-10,17,19H,4,8,11-16H2,1-3H3. The average Bonchev–Trinajstić information content (AvgIpc) is 3.14. The summed E-state index contributed by atoms with van der Waals surface area (Å²) in [5, 5.41) is 9.77. The Hall–Kier alpha value is -2.89. The number of thiocarbonyl (C=S) groups is 1. The topological polar surface area (TPSA) is 69.3 Å². The Kier molecular flexibility index (Phi) is 8.32. The van der Waals surface area contributed by atoms with Gasteiger partial charge in [-0.15, -0.1) is 0 Å². The van der Waals surface area contributed by atoms with E-state index in [0.717, 1.165) is 50.2 Å². The predicted molar refractivity (Wildman–Crippen MR) is 151 cm³/mol. The molecular formula is C28H32N4O2S2. The summed E-state index contributed by atoms with van der Waals surface area (Å²) in [6.07, 6.45) is 5.63. The lowest BCUT2D eigenvalue weighted by Gasteiger charge is -2.35. The quantitative estimate of drug-likeness (QED) is 0.373. The van der Waals surface area contributed by atoms with Crippen LogP contribution < -0.4 is 10.5 Å². The van der Waals surface area contributed by atoms with Crippen LogP contribution in [0.5, 0.6) is 0 Å². The maximum absolute atomic E-state index is 13.4. The van der Waals surface area contributed by atoms with Gasteiger partial charge in [-0.3, -0.25) is 19.1 Å². The number of nitriles is 1. The van der Waals surface area contributed by atoms with E-state index in [1.54, 1.807) is 9.47 Å². The molecule has 0 N–H and O–H groups in total. The van der Waals surface area contributed by atoms with Gasteiger partial charge < -0.3 is 4.90 Å². The molecule has 0 radical (unpaired) electrons. The predicted octanol–water partition coefficient (Wildman–Crippen LogP) is 5.12. The Morgan fingerprint density at radius 3 is 2.53 bits per heavy atom. The zero-order valence-corrected chi connectivity index (χ0v) is 22.8. The van der Waals surface area contributed by atoms with Crippen LogP contribution >= 0.6 is 24.0 Å². The minimum atomic E-state index is -0.267. The molecule has 0 bridgehead atoms. The number of piperidine rings is 1. The average molecular weight is 521 g/mol. The van der Waals surface area contributed by atoms with Gasteiger partial charge in [-0.1, -0.05) is 61.2 Å². The van der Waals surface area contributed by atoms with Gasteiger partial charge in [0, 0.05) is 31.7 Å². The van der Waals surface area contributed by atoms with Crippen LogP contribution in [0.3, 0.4) is 0 Å². The lowest BCUT2D eigenvalue weighted by Crippen LogP contribution is -2.39. The zero-order valence-electron chi connectivity index (χ0n) is 21.1. The van der Waals surface area contributed by atoms with Crippen LogP contribution in [0.2, 0.25) is 0 Å². The second-order valence-corrected chi connectivity index (χ2v) is 11.2. The number of thioether (sulfide) groups is 1. The van der Waals surface area contributed by atoms with Crippen LogP contribution in [0.1, 0.15) is 55.4 Å². The highest BCUT2D eigenvalue weighted by Gasteiger charge is 2.33. The summed E-state index contributed by atoms with van der Waals surface area (Å²) in [5.74, 6) is 1.33. The second kappa shape index (κ2) is 11.4. The largest absolute Gasteiger partial charge is 0.357 e. The minimum absolute atomic E-state index is 0.108. The van der Waals surface area contributed by atoms with E-state index in [2.05, 4.69) is 30.0 Å². The number of aryl methyl sites for hydroxylation is 1. The second-order valence-electron chi connectivity index (χ2n) is 9.49. The number of hydrogen-bond donors (Lipinski definition) is 0. The number of hydrogen-bond acceptors (Lipinski definition) is 6. The van der Waals surface area contributed by atoms with Crippen LogP contribution in [0.4, 0.5) is 5.82 Å². The van der Waals surface area contributed by atoms with Crippen LogP contribution in [0.25, 0.3) is 6.08 Å². The molecule has 2 aliphatic rings. The van der Waals surface area contributed by atoms with E-state index < -0.39 is 0 Å². The first-order valence-corrected chi connectivity index (χ1v) is 13.8. The first-order valence-electron chi connectivity index (χ1n) is 12.6. The molecule has 0 aliphatic carbocycles. The lowest BCUT2D eigenvalue weighted by atomic mass is 9.97. The van der Waals surface area contributed by atoms with Crippen LogP contribution in [-0.2, 0) is 17.8 Å². The van der Waals surface area contributed by atoms with Gasteiger partial charge in [0.05, 0.1) is 4.91 Å². The van der Waals surface area contributed by atoms with Crippen molar-refractivity contribution in [2.75, 3.05) is 24.5 Å². The number of carbonyl (C=O) groups excluding carboxylic acids is 1. The van der Waals surface area contributed by atoms with Gasteiger partial charge in [0.25, 0.3) is 11.5 Å². The van der Waals surface area contributed by atoms with E-state index >= 15 is 0 Å². The van der Waals surface area contributed by atoms with Crippen molar-refractivity contribution in [2.45, 2.75) is 53.0 Å². The molecule has 2 aromatic rings. The van der Waals surface area contributed by atoms with Crippen LogP contribution in [0, 0.1) is 24.2 Å². The van der Waals surface area contributed by atoms with Gasteiger partial charge in [-0.25, -0.2) is 0 Å². The third kappa shape index (κ3) is 5.28. The van der Waals surface area contributed by atoms with Crippen LogP contribution in [-0.4, -0.2) is 39.3 Å². The number of amides is 1. The molecule has 2 saturated heterocycles. The maximum atomic E-state index is 13.4. The molecule has 2 fully saturated rings. The highest BCUT2D eigenvalue weighted by Crippen LogP contribution is 2.36. The van der Waals surface area contributed by atoms with Crippen molar-refractivity contribution in [3.63, 3.8) is 0 Å². The first kappa shape index (κ1) is 26.2. The highest BCUT2D eigenvalue weighted by molar-refractivity contribution is 8.26. The number of pyridine rings is 1. The molecule has 3 heterocycles. The van der Waals surface area contributed by atoms with Gasteiger partial charge in [0.1, 0.15) is 21.8 Å². The molecule has 0 unspecified atom stereocenters. The Balaban J connectivity index is 1.67. The molecule has 188 valence electrons. The van der Waals surface area contributed by atoms with Gasteiger partial charge in [-0.05, 0) is 62.7 Å². The fourth-order valence-corrected chi connectivity index (χ4v) is 6.20. The lowest BCUT2D eigenvalue weighted by molar-refractivity contribution is -0.122. The molecular weight excluding hydrogens is 488 g/mol. The normalized spacial score (nSPS) is 17.8. The zero-order chi connectivity index (χ0) is 25.8. The van der Waals surface area contributed by atoms with Gasteiger partial charge >= 0.3 is 0 Å². The van der Waals surface area contributed by atoms with E-state index in [-0.39, 0.29) is 17.0 Å². The summed E-state index contributed by atoms with van der Waals surface area (Å²) in [7, 11) is 0. The monoisotopic (exact) mass is 520 g/mol. The van der Waals surface area contributed by atoms with Gasteiger partial charge in [0.15, 0.2) is 0 Å². The minimum Gasteiger partial charge on any atom is -0.357 e. The molecule has 8 heteroatoms. The maximum Gasteiger partial charge on any atom is 0.270 e. The van der Waals surface area contributed by atoms with Crippen molar-refractivity contribution in [3.05, 3.63) is 67.8 Å². The van der Waals surface area contributed by atoms with Gasteiger partial charge in [0.2, 0.25) is 0 Å². The summed E-state index contributed by atoms with van der Waals surface area (Å²) >= 11 is 6.87. The summed E-state index contributed by atoms with van der Waals surface area (Å²) < 4.78 is 2.24. The van der Waals surface area contributed by atoms with Crippen molar-refractivity contribution in [3.8, 4) is 6.07 Å². The third-order valence-corrected chi connectivity index (χ3v) is 8.46. The number of benzene rings is 1. The number of aromatic nitrogens is 1. The molecule has 0 atom stereocenters. The smallest absolute Gasteiger partial charge is 0.270 e. The molecule has 2 aliphatic heterocycles. The summed E-state index contributed by atoms with van der Waals surface area (Å²) in [6, 6.07) is 12.3. The number of carbonyl (C=O) groups is 1. The molecule has 6 nitrogen and oxygen atoms in total. The molecule has 4 rings (SSSR count).